The Morgan fingerprint density at radius 2 is 2.17 bits per heavy atom. The Balaban J connectivity index is 2.07. The van der Waals surface area contributed by atoms with Gasteiger partial charge in [0.15, 0.2) is 0 Å². The fourth-order valence-corrected chi connectivity index (χ4v) is 2.82. The van der Waals surface area contributed by atoms with Crippen molar-refractivity contribution in [1.82, 2.24) is 0 Å². The summed E-state index contributed by atoms with van der Waals surface area (Å²) in [6.45, 7) is 2.64. The minimum absolute atomic E-state index is 0.361. The number of hydrogen-bond donors (Lipinski definition) is 2. The monoisotopic (exact) mass is 243 g/mol. The standard InChI is InChI=1S/C15H21N3/c1-11-8-14(7-6-13(11)9-16)18-15(10-17)12-4-2-3-5-12/h6-8,12,15,18H,2-5,10,17H2,1H3. The summed E-state index contributed by atoms with van der Waals surface area (Å²) >= 11 is 0. The molecule has 1 aliphatic carbocycles. The van der Waals surface area contributed by atoms with Crippen molar-refractivity contribution in [3.63, 3.8) is 0 Å². The molecule has 1 atom stereocenters. The van der Waals surface area contributed by atoms with Crippen molar-refractivity contribution in [3.05, 3.63) is 29.3 Å². The summed E-state index contributed by atoms with van der Waals surface area (Å²) in [6.07, 6.45) is 5.22. The second-order valence-corrected chi connectivity index (χ2v) is 5.17. The average Bonchev–Trinajstić information content (AvgIpc) is 2.90. The Morgan fingerprint density at radius 3 is 2.72 bits per heavy atom. The molecule has 0 amide bonds. The van der Waals surface area contributed by atoms with Crippen LogP contribution in [0.2, 0.25) is 0 Å². The van der Waals surface area contributed by atoms with Crippen LogP contribution >= 0.6 is 0 Å². The van der Waals surface area contributed by atoms with Crippen LogP contribution in [0.15, 0.2) is 18.2 Å². The SMILES string of the molecule is Cc1cc(NC(CN)C2CCCC2)ccc1C#N. The molecular weight excluding hydrogens is 222 g/mol. The second kappa shape index (κ2) is 5.88. The minimum Gasteiger partial charge on any atom is -0.381 e. The third-order valence-corrected chi connectivity index (χ3v) is 3.92. The van der Waals surface area contributed by atoms with Gasteiger partial charge in [0.25, 0.3) is 0 Å². The quantitative estimate of drug-likeness (QED) is 0.854. The van der Waals surface area contributed by atoms with Crippen LogP contribution in [0.4, 0.5) is 5.69 Å². The molecule has 1 aliphatic rings. The molecule has 0 bridgehead atoms. The predicted octanol–water partition coefficient (Wildman–Crippen LogP) is 2.80. The van der Waals surface area contributed by atoms with Crippen LogP contribution < -0.4 is 11.1 Å². The van der Waals surface area contributed by atoms with E-state index in [1.807, 2.05) is 25.1 Å². The molecule has 1 fully saturated rings. The summed E-state index contributed by atoms with van der Waals surface area (Å²) in [5.74, 6) is 0.700. The van der Waals surface area contributed by atoms with Crippen molar-refractivity contribution in [1.29, 1.82) is 5.26 Å². The van der Waals surface area contributed by atoms with E-state index in [2.05, 4.69) is 11.4 Å². The zero-order valence-electron chi connectivity index (χ0n) is 10.9. The van der Waals surface area contributed by atoms with Crippen LogP contribution in [0.3, 0.4) is 0 Å². The first-order chi connectivity index (χ1) is 8.74. The van der Waals surface area contributed by atoms with E-state index in [-0.39, 0.29) is 0 Å². The fraction of sp³-hybridized carbons (Fsp3) is 0.533. The highest BCUT2D eigenvalue weighted by molar-refractivity contribution is 5.52. The Bertz CT molecular complexity index is 442. The van der Waals surface area contributed by atoms with Gasteiger partial charge < -0.3 is 11.1 Å². The third-order valence-electron chi connectivity index (χ3n) is 3.92. The summed E-state index contributed by atoms with van der Waals surface area (Å²) in [6, 6.07) is 8.44. The smallest absolute Gasteiger partial charge is 0.0994 e. The highest BCUT2D eigenvalue weighted by Crippen LogP contribution is 2.29. The molecule has 0 aliphatic heterocycles. The first-order valence-corrected chi connectivity index (χ1v) is 6.72. The number of nitrogens with two attached hydrogens (primary N) is 1. The normalized spacial score (nSPS) is 17.4. The highest BCUT2D eigenvalue weighted by atomic mass is 14.9. The number of anilines is 1. The van der Waals surface area contributed by atoms with Gasteiger partial charge in [-0.2, -0.15) is 5.26 Å². The molecule has 3 N–H and O–H groups in total. The topological polar surface area (TPSA) is 61.8 Å². The van der Waals surface area contributed by atoms with Crippen molar-refractivity contribution in [2.75, 3.05) is 11.9 Å². The van der Waals surface area contributed by atoms with E-state index in [0.29, 0.717) is 18.5 Å². The summed E-state index contributed by atoms with van der Waals surface area (Å²) in [5.41, 5.74) is 8.72. The maximum atomic E-state index is 8.92. The second-order valence-electron chi connectivity index (χ2n) is 5.17. The Morgan fingerprint density at radius 1 is 1.44 bits per heavy atom. The molecular formula is C15H21N3. The van der Waals surface area contributed by atoms with Gasteiger partial charge in [0.1, 0.15) is 0 Å². The number of nitrogens with one attached hydrogen (secondary N) is 1. The summed E-state index contributed by atoms with van der Waals surface area (Å²) in [7, 11) is 0. The van der Waals surface area contributed by atoms with Crippen molar-refractivity contribution in [3.8, 4) is 6.07 Å². The van der Waals surface area contributed by atoms with Crippen LogP contribution in [-0.2, 0) is 0 Å². The molecule has 0 radical (unpaired) electrons. The van der Waals surface area contributed by atoms with E-state index in [1.54, 1.807) is 0 Å². The zero-order chi connectivity index (χ0) is 13.0. The number of rotatable bonds is 4. The van der Waals surface area contributed by atoms with Gasteiger partial charge in [0.2, 0.25) is 0 Å². The minimum atomic E-state index is 0.361. The maximum Gasteiger partial charge on any atom is 0.0994 e. The molecule has 0 spiro atoms. The van der Waals surface area contributed by atoms with Gasteiger partial charge in [-0.15, -0.1) is 0 Å². The predicted molar refractivity (Wildman–Crippen MR) is 74.3 cm³/mol. The summed E-state index contributed by atoms with van der Waals surface area (Å²) < 4.78 is 0. The molecule has 3 heteroatoms. The van der Waals surface area contributed by atoms with E-state index in [9.17, 15) is 0 Å². The molecule has 18 heavy (non-hydrogen) atoms. The van der Waals surface area contributed by atoms with E-state index in [0.717, 1.165) is 16.8 Å². The average molecular weight is 243 g/mol. The van der Waals surface area contributed by atoms with Crippen LogP contribution in [0.1, 0.15) is 36.8 Å². The van der Waals surface area contributed by atoms with Gasteiger partial charge in [0.05, 0.1) is 11.6 Å². The maximum absolute atomic E-state index is 8.92. The number of hydrogen-bond acceptors (Lipinski definition) is 3. The number of nitriles is 1. The first kappa shape index (κ1) is 12.9. The molecule has 1 saturated carbocycles. The van der Waals surface area contributed by atoms with E-state index >= 15 is 0 Å². The number of aryl methyl sites for hydroxylation is 1. The lowest BCUT2D eigenvalue weighted by Gasteiger charge is -2.24. The van der Waals surface area contributed by atoms with Crippen molar-refractivity contribution < 1.29 is 0 Å². The van der Waals surface area contributed by atoms with Gasteiger partial charge in [0, 0.05) is 18.3 Å². The lowest BCUT2D eigenvalue weighted by Crippen LogP contribution is -2.35. The molecule has 3 nitrogen and oxygen atoms in total. The molecule has 0 heterocycles. The molecule has 1 aromatic carbocycles. The van der Waals surface area contributed by atoms with Crippen molar-refractivity contribution in [2.24, 2.45) is 11.7 Å². The Kier molecular flexibility index (Phi) is 4.22. The van der Waals surface area contributed by atoms with E-state index < -0.39 is 0 Å². The Hall–Kier alpha value is -1.53. The molecule has 96 valence electrons. The molecule has 1 unspecified atom stereocenters. The molecule has 0 aromatic heterocycles. The molecule has 1 aromatic rings. The van der Waals surface area contributed by atoms with Gasteiger partial charge >= 0.3 is 0 Å². The lowest BCUT2D eigenvalue weighted by molar-refractivity contribution is 0.462. The van der Waals surface area contributed by atoms with E-state index in [1.165, 1.54) is 25.7 Å². The van der Waals surface area contributed by atoms with Crippen LogP contribution in [-0.4, -0.2) is 12.6 Å². The summed E-state index contributed by atoms with van der Waals surface area (Å²) in [4.78, 5) is 0. The third kappa shape index (κ3) is 2.83. The van der Waals surface area contributed by atoms with Crippen molar-refractivity contribution >= 4 is 5.69 Å². The van der Waals surface area contributed by atoms with Gasteiger partial charge in [-0.1, -0.05) is 12.8 Å². The van der Waals surface area contributed by atoms with Gasteiger partial charge in [-0.25, -0.2) is 0 Å². The lowest BCUT2D eigenvalue weighted by atomic mass is 9.97. The molecule has 0 saturated heterocycles. The number of nitrogens with zero attached hydrogens (tertiary/aromatic N) is 1. The summed E-state index contributed by atoms with van der Waals surface area (Å²) in [5, 5.41) is 12.4. The fourth-order valence-electron chi connectivity index (χ4n) is 2.82. The highest BCUT2D eigenvalue weighted by Gasteiger charge is 2.23. The van der Waals surface area contributed by atoms with Gasteiger partial charge in [-0.3, -0.25) is 0 Å². The zero-order valence-corrected chi connectivity index (χ0v) is 10.9. The van der Waals surface area contributed by atoms with E-state index in [4.69, 9.17) is 11.0 Å². The number of benzene rings is 1. The van der Waals surface area contributed by atoms with Crippen LogP contribution in [0.5, 0.6) is 0 Å². The van der Waals surface area contributed by atoms with Crippen molar-refractivity contribution in [2.45, 2.75) is 38.6 Å². The van der Waals surface area contributed by atoms with Crippen LogP contribution in [0.25, 0.3) is 0 Å². The largest absolute Gasteiger partial charge is 0.381 e. The van der Waals surface area contributed by atoms with Gasteiger partial charge in [-0.05, 0) is 49.4 Å². The molecule has 2 rings (SSSR count). The first-order valence-electron chi connectivity index (χ1n) is 6.72. The van der Waals surface area contributed by atoms with Crippen LogP contribution in [0, 0.1) is 24.2 Å². The Labute approximate surface area is 109 Å².